The Bertz CT molecular complexity index is 488. The monoisotopic (exact) mass is 478 g/mol. The first-order valence-electron chi connectivity index (χ1n) is 9.57. The molecule has 1 aromatic heterocycles. The van der Waals surface area contributed by atoms with Gasteiger partial charge in [0.1, 0.15) is 5.76 Å². The summed E-state index contributed by atoms with van der Waals surface area (Å²) in [4.78, 5) is 7.37. The van der Waals surface area contributed by atoms with Crippen molar-refractivity contribution in [2.24, 2.45) is 10.9 Å². The molecule has 1 fully saturated rings. The molecule has 0 amide bonds. The Kier molecular flexibility index (Phi) is 12.0. The second kappa shape index (κ2) is 13.4. The van der Waals surface area contributed by atoms with Crippen molar-refractivity contribution in [3.8, 4) is 0 Å². The molecule has 0 bridgehead atoms. The Morgan fingerprint density at radius 2 is 1.96 bits per heavy atom. The van der Waals surface area contributed by atoms with Gasteiger partial charge < -0.3 is 19.8 Å². The van der Waals surface area contributed by atoms with Crippen LogP contribution < -0.4 is 10.6 Å². The summed E-state index contributed by atoms with van der Waals surface area (Å²) in [5.74, 6) is 2.46. The molecule has 1 aliphatic rings. The third kappa shape index (κ3) is 8.26. The lowest BCUT2D eigenvalue weighted by Gasteiger charge is -2.36. The van der Waals surface area contributed by atoms with Crippen molar-refractivity contribution in [2.45, 2.75) is 39.7 Å². The Labute approximate surface area is 175 Å². The number of halogens is 1. The molecule has 0 saturated carbocycles. The van der Waals surface area contributed by atoms with Gasteiger partial charge >= 0.3 is 0 Å². The zero-order valence-corrected chi connectivity index (χ0v) is 18.7. The summed E-state index contributed by atoms with van der Waals surface area (Å²) >= 11 is 0. The lowest BCUT2D eigenvalue weighted by atomic mass is 10.0. The van der Waals surface area contributed by atoms with Crippen molar-refractivity contribution in [1.82, 2.24) is 15.5 Å². The van der Waals surface area contributed by atoms with Crippen molar-refractivity contribution in [3.63, 3.8) is 0 Å². The molecule has 1 aliphatic heterocycles. The maximum absolute atomic E-state index is 5.49. The Hall–Kier alpha value is -0.800. The van der Waals surface area contributed by atoms with E-state index in [9.17, 15) is 0 Å². The van der Waals surface area contributed by atoms with E-state index < -0.39 is 0 Å². The molecule has 26 heavy (non-hydrogen) atoms. The fourth-order valence-electron chi connectivity index (χ4n) is 3.02. The van der Waals surface area contributed by atoms with E-state index in [1.165, 1.54) is 0 Å². The SMILES string of the molecule is CCCNC(=NCC(C(C)C)N1CCOCC1)NCCc1ccco1.I. The fraction of sp³-hybridized carbons (Fsp3) is 0.737. The summed E-state index contributed by atoms with van der Waals surface area (Å²) in [6.07, 6.45) is 3.65. The summed E-state index contributed by atoms with van der Waals surface area (Å²) in [7, 11) is 0. The van der Waals surface area contributed by atoms with Gasteiger partial charge in [0.25, 0.3) is 0 Å². The first kappa shape index (κ1) is 23.2. The smallest absolute Gasteiger partial charge is 0.191 e. The average Bonchev–Trinajstić information content (AvgIpc) is 3.13. The molecule has 2 N–H and O–H groups in total. The molecule has 0 radical (unpaired) electrons. The Balaban J connectivity index is 0.00000338. The third-order valence-corrected chi connectivity index (χ3v) is 4.51. The molecule has 6 nitrogen and oxygen atoms in total. The standard InChI is InChI=1S/C19H34N4O2.HI/c1-4-8-20-19(21-9-7-17-6-5-12-25-17)22-15-18(16(2)3)23-10-13-24-14-11-23;/h5-6,12,16,18H,4,7-11,13-15H2,1-3H3,(H2,20,21,22);1H. The van der Waals surface area contributed by atoms with Gasteiger partial charge in [-0.2, -0.15) is 0 Å². The lowest BCUT2D eigenvalue weighted by Crippen LogP contribution is -2.48. The van der Waals surface area contributed by atoms with Crippen LogP contribution in [0.15, 0.2) is 27.8 Å². The maximum atomic E-state index is 5.49. The van der Waals surface area contributed by atoms with Gasteiger partial charge in [-0.1, -0.05) is 20.8 Å². The molecular weight excluding hydrogens is 443 g/mol. The zero-order chi connectivity index (χ0) is 17.9. The Morgan fingerprint density at radius 3 is 2.58 bits per heavy atom. The lowest BCUT2D eigenvalue weighted by molar-refractivity contribution is 0.00867. The van der Waals surface area contributed by atoms with E-state index in [-0.39, 0.29) is 24.0 Å². The number of rotatable bonds is 9. The predicted molar refractivity (Wildman–Crippen MR) is 117 cm³/mol. The van der Waals surface area contributed by atoms with Gasteiger partial charge in [-0.3, -0.25) is 9.89 Å². The van der Waals surface area contributed by atoms with E-state index in [1.807, 2.05) is 12.1 Å². The van der Waals surface area contributed by atoms with Crippen molar-refractivity contribution >= 4 is 29.9 Å². The summed E-state index contributed by atoms with van der Waals surface area (Å²) in [6.45, 7) is 12.9. The quantitative estimate of drug-likeness (QED) is 0.325. The molecular formula is C19H35IN4O2. The number of ether oxygens (including phenoxy) is 1. The van der Waals surface area contributed by atoms with Crippen LogP contribution in [0.2, 0.25) is 0 Å². The van der Waals surface area contributed by atoms with Crippen LogP contribution >= 0.6 is 24.0 Å². The molecule has 7 heteroatoms. The van der Waals surface area contributed by atoms with E-state index in [0.717, 1.165) is 70.5 Å². The normalized spacial score (nSPS) is 17.0. The van der Waals surface area contributed by atoms with Gasteiger partial charge in [-0.05, 0) is 24.5 Å². The molecule has 0 aliphatic carbocycles. The largest absolute Gasteiger partial charge is 0.469 e. The van der Waals surface area contributed by atoms with Crippen LogP contribution in [0.4, 0.5) is 0 Å². The number of furan rings is 1. The van der Waals surface area contributed by atoms with Gasteiger partial charge in [0.05, 0.1) is 26.0 Å². The van der Waals surface area contributed by atoms with Crippen molar-refractivity contribution in [3.05, 3.63) is 24.2 Å². The molecule has 0 spiro atoms. The second-order valence-corrected chi connectivity index (χ2v) is 6.83. The average molecular weight is 478 g/mol. The summed E-state index contributed by atoms with van der Waals surface area (Å²) in [6, 6.07) is 4.38. The van der Waals surface area contributed by atoms with Gasteiger partial charge in [0.15, 0.2) is 5.96 Å². The number of hydrogen-bond acceptors (Lipinski definition) is 4. The molecule has 0 aromatic carbocycles. The van der Waals surface area contributed by atoms with Crippen molar-refractivity contribution in [2.75, 3.05) is 45.9 Å². The minimum atomic E-state index is 0. The summed E-state index contributed by atoms with van der Waals surface area (Å²) < 4.78 is 10.9. The number of nitrogens with zero attached hydrogens (tertiary/aromatic N) is 2. The number of guanidine groups is 1. The fourth-order valence-corrected chi connectivity index (χ4v) is 3.02. The van der Waals surface area contributed by atoms with Crippen LogP contribution in [-0.4, -0.2) is 62.8 Å². The van der Waals surface area contributed by atoms with Crippen molar-refractivity contribution in [1.29, 1.82) is 0 Å². The first-order valence-corrected chi connectivity index (χ1v) is 9.57. The second-order valence-electron chi connectivity index (χ2n) is 6.83. The number of nitrogens with one attached hydrogen (secondary N) is 2. The molecule has 1 atom stereocenters. The van der Waals surface area contributed by atoms with E-state index in [2.05, 4.69) is 36.3 Å². The molecule has 150 valence electrons. The van der Waals surface area contributed by atoms with E-state index in [1.54, 1.807) is 6.26 Å². The number of hydrogen-bond donors (Lipinski definition) is 2. The molecule has 1 unspecified atom stereocenters. The highest BCUT2D eigenvalue weighted by atomic mass is 127. The topological polar surface area (TPSA) is 62.0 Å². The van der Waals surface area contributed by atoms with Gasteiger partial charge in [-0.15, -0.1) is 24.0 Å². The molecule has 2 rings (SSSR count). The number of morpholine rings is 1. The Morgan fingerprint density at radius 1 is 1.23 bits per heavy atom. The highest BCUT2D eigenvalue weighted by Gasteiger charge is 2.23. The molecule has 1 saturated heterocycles. The highest BCUT2D eigenvalue weighted by molar-refractivity contribution is 14.0. The molecule has 1 aromatic rings. The van der Waals surface area contributed by atoms with Gasteiger partial charge in [0.2, 0.25) is 0 Å². The summed E-state index contributed by atoms with van der Waals surface area (Å²) in [5.41, 5.74) is 0. The highest BCUT2D eigenvalue weighted by Crippen LogP contribution is 2.13. The predicted octanol–water partition coefficient (Wildman–Crippen LogP) is 2.74. The van der Waals surface area contributed by atoms with Crippen molar-refractivity contribution < 1.29 is 9.15 Å². The van der Waals surface area contributed by atoms with Gasteiger partial charge in [-0.25, -0.2) is 0 Å². The van der Waals surface area contributed by atoms with E-state index in [4.69, 9.17) is 14.1 Å². The van der Waals surface area contributed by atoms with E-state index in [0.29, 0.717) is 12.0 Å². The minimum Gasteiger partial charge on any atom is -0.469 e. The van der Waals surface area contributed by atoms with E-state index >= 15 is 0 Å². The van der Waals surface area contributed by atoms with Crippen LogP contribution in [-0.2, 0) is 11.2 Å². The third-order valence-electron chi connectivity index (χ3n) is 4.51. The molecule has 2 heterocycles. The van der Waals surface area contributed by atoms with Gasteiger partial charge in [0, 0.05) is 38.6 Å². The van der Waals surface area contributed by atoms with Crippen LogP contribution in [0.3, 0.4) is 0 Å². The van der Waals surface area contributed by atoms with Crippen LogP contribution in [0.1, 0.15) is 33.0 Å². The minimum absolute atomic E-state index is 0. The first-order chi connectivity index (χ1) is 12.2. The maximum Gasteiger partial charge on any atom is 0.191 e. The zero-order valence-electron chi connectivity index (χ0n) is 16.4. The van der Waals surface area contributed by atoms with Crippen LogP contribution in [0.5, 0.6) is 0 Å². The number of aliphatic imine (C=N–C) groups is 1. The van der Waals surface area contributed by atoms with Crippen LogP contribution in [0, 0.1) is 5.92 Å². The summed E-state index contributed by atoms with van der Waals surface area (Å²) in [5, 5.41) is 6.84. The van der Waals surface area contributed by atoms with Crippen LogP contribution in [0.25, 0.3) is 0 Å².